The molecule has 0 amide bonds. The summed E-state index contributed by atoms with van der Waals surface area (Å²) in [6.07, 6.45) is 2.40. The molecule has 0 bridgehead atoms. The topological polar surface area (TPSA) is 80.1 Å². The van der Waals surface area contributed by atoms with E-state index in [1.54, 1.807) is 11.6 Å². The summed E-state index contributed by atoms with van der Waals surface area (Å²) in [5, 5.41) is 17.4. The number of piperidine rings is 1. The summed E-state index contributed by atoms with van der Waals surface area (Å²) >= 11 is 0. The molecule has 5 rings (SSSR count). The Morgan fingerprint density at radius 3 is 2.61 bits per heavy atom. The van der Waals surface area contributed by atoms with Crippen LogP contribution in [0, 0.1) is 5.92 Å². The van der Waals surface area contributed by atoms with Crippen molar-refractivity contribution in [2.24, 2.45) is 5.92 Å². The molecular formula is C22H29N7O2. The van der Waals surface area contributed by atoms with Crippen LogP contribution in [0.1, 0.15) is 12.8 Å². The van der Waals surface area contributed by atoms with Crippen LogP contribution >= 0.6 is 0 Å². The summed E-state index contributed by atoms with van der Waals surface area (Å²) in [6, 6.07) is 7.76. The van der Waals surface area contributed by atoms with Gasteiger partial charge in [-0.15, -0.1) is 15.3 Å². The van der Waals surface area contributed by atoms with Gasteiger partial charge in [-0.05, 0) is 63.2 Å². The zero-order valence-corrected chi connectivity index (χ0v) is 18.3. The minimum absolute atomic E-state index is 0.613. The van der Waals surface area contributed by atoms with E-state index in [1.165, 1.54) is 12.8 Å². The predicted octanol–water partition coefficient (Wildman–Crippen LogP) is 2.38. The number of likely N-dealkylation sites (tertiary alicyclic amines) is 1. The second kappa shape index (κ2) is 8.22. The van der Waals surface area contributed by atoms with Crippen LogP contribution in [0.4, 0.5) is 11.5 Å². The van der Waals surface area contributed by atoms with Gasteiger partial charge in [-0.2, -0.15) is 4.52 Å². The first-order valence-electron chi connectivity index (χ1n) is 10.8. The van der Waals surface area contributed by atoms with Crippen LogP contribution in [0.3, 0.4) is 0 Å². The number of nitrogens with one attached hydrogen (secondary N) is 1. The Morgan fingerprint density at radius 2 is 1.87 bits per heavy atom. The maximum absolute atomic E-state index is 6.07. The molecule has 0 saturated carbocycles. The van der Waals surface area contributed by atoms with Crippen molar-refractivity contribution in [3.8, 4) is 22.9 Å². The monoisotopic (exact) mass is 423 g/mol. The van der Waals surface area contributed by atoms with Crippen LogP contribution in [0.25, 0.3) is 17.0 Å². The molecule has 164 valence electrons. The molecular weight excluding hydrogens is 394 g/mol. The molecule has 0 spiro atoms. The number of ether oxygens (including phenoxy) is 2. The fraction of sp³-hybridized carbons (Fsp3) is 0.500. The fourth-order valence-electron chi connectivity index (χ4n) is 4.31. The van der Waals surface area contributed by atoms with E-state index >= 15 is 0 Å². The number of methoxy groups -OCH3 is 1. The van der Waals surface area contributed by atoms with Gasteiger partial charge in [0.25, 0.3) is 0 Å². The van der Waals surface area contributed by atoms with Crippen LogP contribution in [0.15, 0.2) is 24.3 Å². The van der Waals surface area contributed by atoms with Crippen molar-refractivity contribution in [2.75, 3.05) is 64.2 Å². The van der Waals surface area contributed by atoms with Gasteiger partial charge in [0.2, 0.25) is 5.65 Å². The summed E-state index contributed by atoms with van der Waals surface area (Å²) in [5.74, 6) is 3.68. The van der Waals surface area contributed by atoms with Gasteiger partial charge in [0, 0.05) is 19.2 Å². The first kappa shape index (κ1) is 19.9. The smallest absolute Gasteiger partial charge is 0.222 e. The highest BCUT2D eigenvalue weighted by Crippen LogP contribution is 2.40. The lowest BCUT2D eigenvalue weighted by atomic mass is 9.97. The fourth-order valence-corrected chi connectivity index (χ4v) is 4.31. The quantitative estimate of drug-likeness (QED) is 0.670. The van der Waals surface area contributed by atoms with E-state index in [-0.39, 0.29) is 0 Å². The molecule has 1 saturated heterocycles. The maximum atomic E-state index is 6.07. The van der Waals surface area contributed by atoms with Crippen LogP contribution in [0.2, 0.25) is 0 Å². The zero-order valence-electron chi connectivity index (χ0n) is 18.3. The first-order chi connectivity index (χ1) is 15.1. The SMILES string of the molecule is COc1ccc(-c2nnc3c4c(c(NCC5CCN(C)CC5)nn23)N(C)CCO4)cc1. The Morgan fingerprint density at radius 1 is 1.10 bits per heavy atom. The summed E-state index contributed by atoms with van der Waals surface area (Å²) in [6.45, 7) is 4.61. The van der Waals surface area contributed by atoms with E-state index < -0.39 is 0 Å². The lowest BCUT2D eigenvalue weighted by Gasteiger charge is -2.31. The molecule has 0 aliphatic carbocycles. The van der Waals surface area contributed by atoms with Gasteiger partial charge < -0.3 is 24.6 Å². The number of hydrogen-bond acceptors (Lipinski definition) is 8. The molecule has 1 fully saturated rings. The number of rotatable bonds is 5. The lowest BCUT2D eigenvalue weighted by molar-refractivity contribution is 0.226. The second-order valence-corrected chi connectivity index (χ2v) is 8.41. The number of hydrogen-bond donors (Lipinski definition) is 1. The number of benzene rings is 1. The molecule has 0 atom stereocenters. The van der Waals surface area contributed by atoms with Gasteiger partial charge >= 0.3 is 0 Å². The van der Waals surface area contributed by atoms with Crippen molar-refractivity contribution in [3.05, 3.63) is 24.3 Å². The third-order valence-electron chi connectivity index (χ3n) is 6.28. The molecule has 1 N–H and O–H groups in total. The normalized spacial score (nSPS) is 17.5. The van der Waals surface area contributed by atoms with Gasteiger partial charge in [0.1, 0.15) is 18.0 Å². The minimum atomic E-state index is 0.613. The van der Waals surface area contributed by atoms with Crippen molar-refractivity contribution in [2.45, 2.75) is 12.8 Å². The number of fused-ring (bicyclic) bond motifs is 3. The van der Waals surface area contributed by atoms with Crippen LogP contribution in [-0.4, -0.2) is 78.7 Å². The Bertz CT molecular complexity index is 1060. The van der Waals surface area contributed by atoms with E-state index in [0.717, 1.165) is 54.7 Å². The molecule has 2 aliphatic heterocycles. The number of aromatic nitrogens is 4. The maximum Gasteiger partial charge on any atom is 0.222 e. The highest BCUT2D eigenvalue weighted by atomic mass is 16.5. The molecule has 2 aliphatic rings. The van der Waals surface area contributed by atoms with Crippen molar-refractivity contribution in [3.63, 3.8) is 0 Å². The highest BCUT2D eigenvalue weighted by molar-refractivity contribution is 5.82. The molecule has 0 unspecified atom stereocenters. The Labute approximate surface area is 182 Å². The summed E-state index contributed by atoms with van der Waals surface area (Å²) in [5.41, 5.74) is 2.52. The van der Waals surface area contributed by atoms with Crippen molar-refractivity contribution in [1.82, 2.24) is 24.7 Å². The highest BCUT2D eigenvalue weighted by Gasteiger charge is 2.27. The van der Waals surface area contributed by atoms with Gasteiger partial charge in [0.15, 0.2) is 17.4 Å². The Kier molecular flexibility index (Phi) is 5.27. The molecule has 1 aromatic carbocycles. The third kappa shape index (κ3) is 3.74. The average molecular weight is 424 g/mol. The molecule has 3 aromatic rings. The van der Waals surface area contributed by atoms with Gasteiger partial charge in [-0.1, -0.05) is 0 Å². The summed E-state index contributed by atoms with van der Waals surface area (Å²) in [4.78, 5) is 4.58. The van der Waals surface area contributed by atoms with Crippen LogP contribution < -0.4 is 19.7 Å². The minimum Gasteiger partial charge on any atom is -0.497 e. The molecule has 2 aromatic heterocycles. The first-order valence-corrected chi connectivity index (χ1v) is 10.8. The largest absolute Gasteiger partial charge is 0.497 e. The summed E-state index contributed by atoms with van der Waals surface area (Å²) < 4.78 is 13.1. The average Bonchev–Trinajstić information content (AvgIpc) is 3.23. The molecule has 0 radical (unpaired) electrons. The van der Waals surface area contributed by atoms with Crippen molar-refractivity contribution >= 4 is 17.2 Å². The van der Waals surface area contributed by atoms with E-state index in [2.05, 4.69) is 39.4 Å². The van der Waals surface area contributed by atoms with Crippen LogP contribution in [-0.2, 0) is 0 Å². The van der Waals surface area contributed by atoms with Gasteiger partial charge in [0.05, 0.1) is 13.7 Å². The standard InChI is InChI=1S/C22H29N7O2/c1-27-10-8-15(9-11-27)14-23-20-18-19(31-13-12-28(18)2)22-25-24-21(29(22)26-20)16-4-6-17(30-3)7-5-16/h4-7,15H,8-14H2,1-3H3,(H,23,26). The molecule has 9 heteroatoms. The van der Waals surface area contributed by atoms with Crippen molar-refractivity contribution in [1.29, 1.82) is 0 Å². The molecule has 4 heterocycles. The summed E-state index contributed by atoms with van der Waals surface area (Å²) in [7, 11) is 5.92. The van der Waals surface area contributed by atoms with E-state index in [4.69, 9.17) is 14.6 Å². The number of nitrogens with zero attached hydrogens (tertiary/aromatic N) is 6. The van der Waals surface area contributed by atoms with E-state index in [1.807, 2.05) is 24.3 Å². The third-order valence-corrected chi connectivity index (χ3v) is 6.28. The lowest BCUT2D eigenvalue weighted by Crippen LogP contribution is -2.34. The van der Waals surface area contributed by atoms with Gasteiger partial charge in [-0.3, -0.25) is 0 Å². The molecule has 31 heavy (non-hydrogen) atoms. The number of likely N-dealkylation sites (N-methyl/N-ethyl adjacent to an activating group) is 1. The van der Waals surface area contributed by atoms with E-state index in [9.17, 15) is 0 Å². The Balaban J connectivity index is 1.52. The molecule has 9 nitrogen and oxygen atoms in total. The number of anilines is 2. The predicted molar refractivity (Wildman–Crippen MR) is 120 cm³/mol. The van der Waals surface area contributed by atoms with E-state index in [0.29, 0.717) is 24.0 Å². The second-order valence-electron chi connectivity index (χ2n) is 8.41. The zero-order chi connectivity index (χ0) is 21.4. The van der Waals surface area contributed by atoms with Crippen molar-refractivity contribution < 1.29 is 9.47 Å². The van der Waals surface area contributed by atoms with Gasteiger partial charge in [-0.25, -0.2) is 0 Å². The van der Waals surface area contributed by atoms with Crippen LogP contribution in [0.5, 0.6) is 11.5 Å². The Hall–Kier alpha value is -3.07.